The van der Waals surface area contributed by atoms with Gasteiger partial charge in [-0.15, -0.1) is 12.8 Å². The quantitative estimate of drug-likeness (QED) is 0.374. The van der Waals surface area contributed by atoms with Crippen LogP contribution in [0.4, 0.5) is 4.39 Å². The summed E-state index contributed by atoms with van der Waals surface area (Å²) in [6, 6.07) is 15.3. The van der Waals surface area contributed by atoms with Gasteiger partial charge in [-0.3, -0.25) is 0 Å². The molecule has 162 valence electrons. The molecule has 31 heavy (non-hydrogen) atoms. The maximum Gasteiger partial charge on any atom is 0.123 e. The summed E-state index contributed by atoms with van der Waals surface area (Å²) in [5.74, 6) is 2.77. The summed E-state index contributed by atoms with van der Waals surface area (Å²) >= 11 is 0. The second kappa shape index (κ2) is 9.41. The van der Waals surface area contributed by atoms with Crippen molar-refractivity contribution in [3.8, 4) is 24.0 Å². The Labute approximate surface area is 186 Å². The van der Waals surface area contributed by atoms with E-state index in [1.54, 1.807) is 12.1 Å². The highest BCUT2D eigenvalue weighted by Gasteiger charge is 2.59. The topological polar surface area (TPSA) is 12.5 Å². The van der Waals surface area contributed by atoms with Crippen LogP contribution in [0.2, 0.25) is 0 Å². The van der Waals surface area contributed by atoms with E-state index in [0.717, 1.165) is 29.6 Å². The van der Waals surface area contributed by atoms with Crippen molar-refractivity contribution >= 4 is 6.08 Å². The van der Waals surface area contributed by atoms with Gasteiger partial charge in [0, 0.05) is 0 Å². The molecule has 2 aliphatic carbocycles. The minimum Gasteiger partial charge on any atom is -0.369 e. The number of epoxide rings is 1. The van der Waals surface area contributed by atoms with Crippen molar-refractivity contribution in [3.05, 3.63) is 66.0 Å². The molecule has 1 nitrogen and oxygen atoms in total. The van der Waals surface area contributed by atoms with Gasteiger partial charge in [0.25, 0.3) is 0 Å². The minimum absolute atomic E-state index is 0.184. The van der Waals surface area contributed by atoms with Crippen LogP contribution in [0.15, 0.2) is 54.6 Å². The number of fused-ring (bicyclic) bond motifs is 1. The Hall–Kier alpha value is -2.37. The summed E-state index contributed by atoms with van der Waals surface area (Å²) in [6.45, 7) is 3.31. The summed E-state index contributed by atoms with van der Waals surface area (Å²) in [6.07, 6.45) is 20.9. The van der Waals surface area contributed by atoms with Crippen molar-refractivity contribution in [2.24, 2.45) is 23.7 Å². The molecule has 0 amide bonds. The first kappa shape index (κ1) is 21.8. The van der Waals surface area contributed by atoms with Crippen LogP contribution in [0.25, 0.3) is 17.2 Å². The average Bonchev–Trinajstić information content (AvgIpc) is 3.58. The van der Waals surface area contributed by atoms with Gasteiger partial charge >= 0.3 is 0 Å². The van der Waals surface area contributed by atoms with Crippen molar-refractivity contribution in [3.63, 3.8) is 0 Å². The van der Waals surface area contributed by atoms with Crippen molar-refractivity contribution < 1.29 is 9.13 Å². The van der Waals surface area contributed by atoms with E-state index >= 15 is 0 Å². The van der Waals surface area contributed by atoms with Crippen LogP contribution in [0, 0.1) is 42.3 Å². The first-order valence-corrected chi connectivity index (χ1v) is 11.7. The first-order chi connectivity index (χ1) is 15.2. The number of benzene rings is 2. The Bertz CT molecular complexity index is 921. The number of hydrogen-bond donors (Lipinski definition) is 0. The van der Waals surface area contributed by atoms with E-state index in [-0.39, 0.29) is 11.4 Å². The fourth-order valence-electron chi connectivity index (χ4n) is 6.26. The van der Waals surface area contributed by atoms with Crippen LogP contribution < -0.4 is 0 Å². The SMILES string of the molecule is C#C.CCC1C(/C=C/c2ccc(-c3cccc(F)c3)cc2)C2CCCCC2CC12CO2. The molecule has 0 aromatic heterocycles. The molecule has 0 radical (unpaired) electrons. The molecule has 2 heteroatoms. The Morgan fingerprint density at radius 3 is 2.48 bits per heavy atom. The summed E-state index contributed by atoms with van der Waals surface area (Å²) < 4.78 is 19.6. The normalized spacial score (nSPS) is 31.6. The maximum atomic E-state index is 13.5. The number of ether oxygens (including phenoxy) is 1. The molecule has 1 heterocycles. The monoisotopic (exact) mass is 416 g/mol. The Kier molecular flexibility index (Phi) is 6.63. The second-order valence-electron chi connectivity index (χ2n) is 9.35. The van der Waals surface area contributed by atoms with E-state index in [2.05, 4.69) is 56.2 Å². The fourth-order valence-corrected chi connectivity index (χ4v) is 6.26. The third kappa shape index (κ3) is 4.48. The molecule has 1 spiro atoms. The molecule has 1 aliphatic heterocycles. The van der Waals surface area contributed by atoms with Crippen molar-refractivity contribution in [2.75, 3.05) is 6.61 Å². The lowest BCUT2D eigenvalue weighted by Gasteiger charge is -2.47. The first-order valence-electron chi connectivity index (χ1n) is 11.7. The molecular formula is C29H33FO. The molecule has 3 fully saturated rings. The van der Waals surface area contributed by atoms with Crippen molar-refractivity contribution in [1.29, 1.82) is 0 Å². The van der Waals surface area contributed by atoms with E-state index in [1.165, 1.54) is 50.2 Å². The molecule has 5 atom stereocenters. The van der Waals surface area contributed by atoms with Gasteiger partial charge < -0.3 is 4.74 Å². The number of halogens is 1. The van der Waals surface area contributed by atoms with Crippen LogP contribution in [0.1, 0.15) is 51.0 Å². The van der Waals surface area contributed by atoms with Gasteiger partial charge in [-0.2, -0.15) is 0 Å². The third-order valence-corrected chi connectivity index (χ3v) is 7.74. The average molecular weight is 417 g/mol. The molecule has 2 aromatic rings. The predicted octanol–water partition coefficient (Wildman–Crippen LogP) is 7.38. The molecular weight excluding hydrogens is 383 g/mol. The highest BCUT2D eigenvalue weighted by Crippen LogP contribution is 2.58. The highest BCUT2D eigenvalue weighted by molar-refractivity contribution is 5.65. The zero-order valence-corrected chi connectivity index (χ0v) is 18.5. The molecule has 5 rings (SSSR count). The van der Waals surface area contributed by atoms with E-state index < -0.39 is 0 Å². The number of rotatable bonds is 4. The van der Waals surface area contributed by atoms with Gasteiger partial charge in [0.1, 0.15) is 5.82 Å². The van der Waals surface area contributed by atoms with Gasteiger partial charge in [0.2, 0.25) is 0 Å². The van der Waals surface area contributed by atoms with E-state index in [4.69, 9.17) is 4.74 Å². The zero-order chi connectivity index (χ0) is 21.8. The van der Waals surface area contributed by atoms with E-state index in [0.29, 0.717) is 11.8 Å². The lowest BCUT2D eigenvalue weighted by molar-refractivity contribution is 0.0105. The Balaban J connectivity index is 0.00000112. The fraction of sp³-hybridized carbons (Fsp3) is 0.448. The van der Waals surface area contributed by atoms with E-state index in [1.807, 2.05) is 6.07 Å². The van der Waals surface area contributed by atoms with Crippen molar-refractivity contribution in [1.82, 2.24) is 0 Å². The van der Waals surface area contributed by atoms with Gasteiger partial charge in [0.05, 0.1) is 12.2 Å². The van der Waals surface area contributed by atoms with Crippen LogP contribution >= 0.6 is 0 Å². The Morgan fingerprint density at radius 1 is 1.06 bits per heavy atom. The molecule has 0 bridgehead atoms. The van der Waals surface area contributed by atoms with Gasteiger partial charge in [-0.1, -0.05) is 74.7 Å². The van der Waals surface area contributed by atoms with E-state index in [9.17, 15) is 4.39 Å². The lowest BCUT2D eigenvalue weighted by atomic mass is 9.57. The number of hydrogen-bond acceptors (Lipinski definition) is 1. The van der Waals surface area contributed by atoms with Gasteiger partial charge in [-0.05, 0) is 71.8 Å². The number of terminal acetylenes is 1. The molecule has 3 aliphatic rings. The lowest BCUT2D eigenvalue weighted by Crippen LogP contribution is -2.45. The summed E-state index contributed by atoms with van der Waals surface area (Å²) in [4.78, 5) is 0. The van der Waals surface area contributed by atoms with Gasteiger partial charge in [0.15, 0.2) is 0 Å². The number of allylic oxidation sites excluding steroid dienone is 1. The third-order valence-electron chi connectivity index (χ3n) is 7.74. The standard InChI is InChI=1S/C27H31FO.C2H2/c1-2-26-25(24-9-4-3-6-22(24)17-27(26)18-29-27)15-12-19-10-13-20(14-11-19)21-7-5-8-23(28)16-21;1-2/h5,7-8,10-16,22,24-26H,2-4,6,9,17-18H2,1H3;1-2H/b15-12+;. The van der Waals surface area contributed by atoms with Crippen LogP contribution in [0.3, 0.4) is 0 Å². The summed E-state index contributed by atoms with van der Waals surface area (Å²) in [5, 5.41) is 0. The van der Waals surface area contributed by atoms with Crippen LogP contribution in [-0.2, 0) is 4.74 Å². The summed E-state index contributed by atoms with van der Waals surface area (Å²) in [7, 11) is 0. The molecule has 5 unspecified atom stereocenters. The molecule has 1 saturated heterocycles. The molecule has 2 saturated carbocycles. The summed E-state index contributed by atoms with van der Waals surface area (Å²) in [5.41, 5.74) is 3.40. The zero-order valence-electron chi connectivity index (χ0n) is 18.5. The predicted molar refractivity (Wildman–Crippen MR) is 127 cm³/mol. The maximum absolute atomic E-state index is 13.5. The smallest absolute Gasteiger partial charge is 0.123 e. The Morgan fingerprint density at radius 2 is 1.81 bits per heavy atom. The second-order valence-corrected chi connectivity index (χ2v) is 9.35. The highest BCUT2D eigenvalue weighted by atomic mass is 19.1. The minimum atomic E-state index is -0.187. The molecule has 0 N–H and O–H groups in total. The van der Waals surface area contributed by atoms with Crippen LogP contribution in [-0.4, -0.2) is 12.2 Å². The largest absolute Gasteiger partial charge is 0.369 e. The van der Waals surface area contributed by atoms with Gasteiger partial charge in [-0.25, -0.2) is 4.39 Å². The van der Waals surface area contributed by atoms with Crippen LogP contribution in [0.5, 0.6) is 0 Å². The molecule has 2 aromatic carbocycles. The van der Waals surface area contributed by atoms with Crippen molar-refractivity contribution in [2.45, 2.75) is 51.0 Å².